The Kier molecular flexibility index (Phi) is 3.52. The first-order chi connectivity index (χ1) is 6.22. The van der Waals surface area contributed by atoms with Crippen LogP contribution in [0.2, 0.25) is 0 Å². The van der Waals surface area contributed by atoms with Crippen LogP contribution in [0, 0.1) is 0 Å². The van der Waals surface area contributed by atoms with E-state index in [0.717, 1.165) is 11.4 Å². The number of hydrogen-bond acceptors (Lipinski definition) is 4. The molecule has 0 aliphatic carbocycles. The van der Waals surface area contributed by atoms with E-state index in [0.29, 0.717) is 6.54 Å². The molecule has 1 atom stereocenters. The van der Waals surface area contributed by atoms with Gasteiger partial charge in [-0.15, -0.1) is 0 Å². The molecule has 0 bridgehead atoms. The Balaban J connectivity index is 2.56. The quantitative estimate of drug-likeness (QED) is 0.646. The number of aliphatic hydroxyl groups is 1. The summed E-state index contributed by atoms with van der Waals surface area (Å²) in [6.07, 6.45) is 3.12. The van der Waals surface area contributed by atoms with Crippen molar-refractivity contribution in [2.75, 3.05) is 24.2 Å². The van der Waals surface area contributed by atoms with E-state index in [2.05, 4.69) is 15.6 Å². The van der Waals surface area contributed by atoms with Crippen LogP contribution in [0.15, 0.2) is 18.5 Å². The van der Waals surface area contributed by atoms with Crippen LogP contribution in [0.5, 0.6) is 0 Å². The number of nitrogens with zero attached hydrogens (tertiary/aromatic N) is 1. The first kappa shape index (κ1) is 9.80. The van der Waals surface area contributed by atoms with Gasteiger partial charge in [-0.2, -0.15) is 0 Å². The number of nitrogens with one attached hydrogen (secondary N) is 2. The molecule has 13 heavy (non-hydrogen) atoms. The molecule has 0 spiro atoms. The highest BCUT2D eigenvalue weighted by Gasteiger charge is 1.97. The first-order valence-electron chi connectivity index (χ1n) is 4.27. The standard InChI is InChI=1S/C9H15N3O/c1-7(13)4-12-9-3-8(10-2)5-11-6-9/h3,5-7,10,12-13H,4H2,1-2H3. The van der Waals surface area contributed by atoms with Crippen molar-refractivity contribution in [3.05, 3.63) is 18.5 Å². The fraction of sp³-hybridized carbons (Fsp3) is 0.444. The Morgan fingerprint density at radius 2 is 2.15 bits per heavy atom. The summed E-state index contributed by atoms with van der Waals surface area (Å²) in [7, 11) is 1.84. The van der Waals surface area contributed by atoms with E-state index in [4.69, 9.17) is 5.11 Å². The smallest absolute Gasteiger partial charge is 0.0684 e. The maximum Gasteiger partial charge on any atom is 0.0684 e. The number of aliphatic hydroxyl groups excluding tert-OH is 1. The normalized spacial score (nSPS) is 12.2. The Labute approximate surface area is 78.0 Å². The molecule has 0 saturated heterocycles. The van der Waals surface area contributed by atoms with Crippen LogP contribution in [0.1, 0.15) is 6.92 Å². The largest absolute Gasteiger partial charge is 0.392 e. The molecule has 1 rings (SSSR count). The number of aromatic nitrogens is 1. The van der Waals surface area contributed by atoms with E-state index in [-0.39, 0.29) is 6.10 Å². The Bertz CT molecular complexity index is 263. The molecule has 1 unspecified atom stereocenters. The zero-order chi connectivity index (χ0) is 9.68. The molecule has 0 saturated carbocycles. The van der Waals surface area contributed by atoms with Gasteiger partial charge in [0.1, 0.15) is 0 Å². The highest BCUT2D eigenvalue weighted by molar-refractivity contribution is 5.53. The van der Waals surface area contributed by atoms with Crippen LogP contribution in [0.4, 0.5) is 11.4 Å². The Morgan fingerprint density at radius 1 is 1.46 bits per heavy atom. The Morgan fingerprint density at radius 3 is 2.77 bits per heavy atom. The average molecular weight is 181 g/mol. The van der Waals surface area contributed by atoms with E-state index in [9.17, 15) is 0 Å². The molecule has 4 heteroatoms. The number of pyridine rings is 1. The fourth-order valence-electron chi connectivity index (χ4n) is 0.939. The summed E-state index contributed by atoms with van der Waals surface area (Å²) in [5, 5.41) is 15.1. The van der Waals surface area contributed by atoms with Gasteiger partial charge in [-0.3, -0.25) is 4.98 Å². The fourth-order valence-corrected chi connectivity index (χ4v) is 0.939. The van der Waals surface area contributed by atoms with Crippen molar-refractivity contribution in [2.45, 2.75) is 13.0 Å². The maximum absolute atomic E-state index is 9.04. The molecule has 1 aromatic heterocycles. The number of rotatable bonds is 4. The lowest BCUT2D eigenvalue weighted by Gasteiger charge is -2.08. The molecule has 0 aliphatic rings. The molecule has 0 fully saturated rings. The van der Waals surface area contributed by atoms with Gasteiger partial charge in [-0.1, -0.05) is 0 Å². The summed E-state index contributed by atoms with van der Waals surface area (Å²) in [4.78, 5) is 4.03. The van der Waals surface area contributed by atoms with Crippen LogP contribution < -0.4 is 10.6 Å². The SMILES string of the molecule is CNc1cncc(NCC(C)O)c1. The highest BCUT2D eigenvalue weighted by atomic mass is 16.3. The molecule has 3 N–H and O–H groups in total. The number of hydrogen-bond donors (Lipinski definition) is 3. The Hall–Kier alpha value is -1.29. The summed E-state index contributed by atoms with van der Waals surface area (Å²) in [6, 6.07) is 1.94. The molecular formula is C9H15N3O. The van der Waals surface area contributed by atoms with Crippen LogP contribution in [0.3, 0.4) is 0 Å². The van der Waals surface area contributed by atoms with Gasteiger partial charge in [-0.25, -0.2) is 0 Å². The third-order valence-electron chi connectivity index (χ3n) is 1.63. The minimum atomic E-state index is -0.349. The van der Waals surface area contributed by atoms with Crippen LogP contribution in [-0.2, 0) is 0 Å². The van der Waals surface area contributed by atoms with Gasteiger partial charge in [0.05, 0.1) is 29.9 Å². The third-order valence-corrected chi connectivity index (χ3v) is 1.63. The molecule has 0 aromatic carbocycles. The van der Waals surface area contributed by atoms with Crippen LogP contribution in [0.25, 0.3) is 0 Å². The summed E-state index contributed by atoms with van der Waals surface area (Å²) in [6.45, 7) is 2.27. The highest BCUT2D eigenvalue weighted by Crippen LogP contribution is 2.11. The van der Waals surface area contributed by atoms with Crippen molar-refractivity contribution in [2.24, 2.45) is 0 Å². The van der Waals surface area contributed by atoms with Crippen molar-refractivity contribution in [3.8, 4) is 0 Å². The van der Waals surface area contributed by atoms with Crippen molar-refractivity contribution in [1.29, 1.82) is 0 Å². The van der Waals surface area contributed by atoms with Gasteiger partial charge in [0.25, 0.3) is 0 Å². The predicted octanol–water partition coefficient (Wildman–Crippen LogP) is 0.916. The average Bonchev–Trinajstić information content (AvgIpc) is 2.15. The van der Waals surface area contributed by atoms with E-state index < -0.39 is 0 Å². The topological polar surface area (TPSA) is 57.2 Å². The summed E-state index contributed by atoms with van der Waals surface area (Å²) < 4.78 is 0. The minimum absolute atomic E-state index is 0.349. The molecule has 1 aromatic rings. The molecule has 0 aliphatic heterocycles. The first-order valence-corrected chi connectivity index (χ1v) is 4.27. The zero-order valence-corrected chi connectivity index (χ0v) is 7.91. The third kappa shape index (κ3) is 3.29. The molecular weight excluding hydrogens is 166 g/mol. The minimum Gasteiger partial charge on any atom is -0.392 e. The predicted molar refractivity (Wildman–Crippen MR) is 54.0 cm³/mol. The van der Waals surface area contributed by atoms with Crippen LogP contribution >= 0.6 is 0 Å². The monoisotopic (exact) mass is 181 g/mol. The van der Waals surface area contributed by atoms with Gasteiger partial charge in [0.2, 0.25) is 0 Å². The summed E-state index contributed by atoms with van der Waals surface area (Å²) >= 11 is 0. The van der Waals surface area contributed by atoms with Crippen LogP contribution in [-0.4, -0.2) is 29.8 Å². The second kappa shape index (κ2) is 4.67. The molecule has 1 heterocycles. The lowest BCUT2D eigenvalue weighted by molar-refractivity contribution is 0.208. The van der Waals surface area contributed by atoms with E-state index in [1.807, 2.05) is 13.1 Å². The van der Waals surface area contributed by atoms with E-state index in [1.165, 1.54) is 0 Å². The maximum atomic E-state index is 9.04. The second-order valence-electron chi connectivity index (χ2n) is 2.94. The van der Waals surface area contributed by atoms with E-state index >= 15 is 0 Å². The van der Waals surface area contributed by atoms with Crippen molar-refractivity contribution in [3.63, 3.8) is 0 Å². The molecule has 0 radical (unpaired) electrons. The van der Waals surface area contributed by atoms with Crippen molar-refractivity contribution in [1.82, 2.24) is 4.98 Å². The molecule has 4 nitrogen and oxygen atoms in total. The molecule has 0 amide bonds. The van der Waals surface area contributed by atoms with Gasteiger partial charge in [0.15, 0.2) is 0 Å². The van der Waals surface area contributed by atoms with Crippen molar-refractivity contribution >= 4 is 11.4 Å². The molecule has 72 valence electrons. The lowest BCUT2D eigenvalue weighted by Crippen LogP contribution is -2.15. The number of anilines is 2. The van der Waals surface area contributed by atoms with Crippen molar-refractivity contribution < 1.29 is 5.11 Å². The summed E-state index contributed by atoms with van der Waals surface area (Å²) in [5.41, 5.74) is 1.86. The summed E-state index contributed by atoms with van der Waals surface area (Å²) in [5.74, 6) is 0. The lowest BCUT2D eigenvalue weighted by atomic mass is 10.3. The van der Waals surface area contributed by atoms with Gasteiger partial charge >= 0.3 is 0 Å². The van der Waals surface area contributed by atoms with Gasteiger partial charge in [-0.05, 0) is 13.0 Å². The zero-order valence-electron chi connectivity index (χ0n) is 7.91. The second-order valence-corrected chi connectivity index (χ2v) is 2.94. The van der Waals surface area contributed by atoms with E-state index in [1.54, 1.807) is 19.3 Å². The van der Waals surface area contributed by atoms with Gasteiger partial charge < -0.3 is 15.7 Å². The van der Waals surface area contributed by atoms with Gasteiger partial charge in [0, 0.05) is 13.6 Å².